The third kappa shape index (κ3) is 2.14. The van der Waals surface area contributed by atoms with Crippen LogP contribution in [0.4, 0.5) is 0 Å². The van der Waals surface area contributed by atoms with E-state index < -0.39 is 0 Å². The Labute approximate surface area is 138 Å². The fraction of sp³-hybridized carbons (Fsp3) is 0.167. The number of benzene rings is 1. The number of fused-ring (bicyclic) bond motifs is 3. The van der Waals surface area contributed by atoms with Gasteiger partial charge in [0.15, 0.2) is 0 Å². The summed E-state index contributed by atoms with van der Waals surface area (Å²) in [5, 5.41) is 15.6. The molecule has 3 aromatic heterocycles. The van der Waals surface area contributed by atoms with Crippen LogP contribution in [0.2, 0.25) is 0 Å². The molecule has 3 heterocycles. The minimum atomic E-state index is 0.345. The van der Waals surface area contributed by atoms with Crippen LogP contribution in [0.5, 0.6) is 0 Å². The van der Waals surface area contributed by atoms with E-state index in [2.05, 4.69) is 33.3 Å². The molecule has 0 spiro atoms. The van der Waals surface area contributed by atoms with Gasteiger partial charge in [-0.25, -0.2) is 4.98 Å². The van der Waals surface area contributed by atoms with Crippen LogP contribution in [0, 0.1) is 11.3 Å². The van der Waals surface area contributed by atoms with Gasteiger partial charge in [0, 0.05) is 47.8 Å². The standard InChI is InChI=1S/C18H15N5O/c1-23-9-12(7-21-23)11-3-4-15-13(5-11)18-14(10-24-2)16(6-19)20-8-17(18)22-15/h3-5,7-9,22H,10H2,1-2H3. The number of methoxy groups -OCH3 is 1. The van der Waals surface area contributed by atoms with E-state index in [9.17, 15) is 5.26 Å². The van der Waals surface area contributed by atoms with E-state index in [4.69, 9.17) is 4.74 Å². The van der Waals surface area contributed by atoms with Crippen LogP contribution in [0.3, 0.4) is 0 Å². The Bertz CT molecular complexity index is 1100. The first-order valence-corrected chi connectivity index (χ1v) is 7.52. The first-order valence-electron chi connectivity index (χ1n) is 7.52. The normalized spacial score (nSPS) is 11.2. The van der Waals surface area contributed by atoms with Crippen molar-refractivity contribution in [1.29, 1.82) is 5.26 Å². The van der Waals surface area contributed by atoms with Gasteiger partial charge in [0.05, 0.1) is 24.5 Å². The Hall–Kier alpha value is -3.17. The van der Waals surface area contributed by atoms with Crippen LogP contribution in [-0.4, -0.2) is 26.9 Å². The highest BCUT2D eigenvalue weighted by molar-refractivity contribution is 6.10. The average molecular weight is 317 g/mol. The molecular formula is C18H15N5O. The van der Waals surface area contributed by atoms with Crippen molar-refractivity contribution in [1.82, 2.24) is 19.7 Å². The molecule has 0 bridgehead atoms. The molecule has 0 atom stereocenters. The number of pyridine rings is 1. The Balaban J connectivity index is 2.04. The number of nitrogens with one attached hydrogen (secondary N) is 1. The molecule has 0 aliphatic heterocycles. The molecule has 0 fully saturated rings. The summed E-state index contributed by atoms with van der Waals surface area (Å²) >= 11 is 0. The largest absolute Gasteiger partial charge is 0.380 e. The van der Waals surface area contributed by atoms with Gasteiger partial charge in [0.1, 0.15) is 11.8 Å². The van der Waals surface area contributed by atoms with Crippen molar-refractivity contribution in [2.75, 3.05) is 7.11 Å². The summed E-state index contributed by atoms with van der Waals surface area (Å²) in [5.41, 5.74) is 5.25. The highest BCUT2D eigenvalue weighted by Crippen LogP contribution is 2.32. The topological polar surface area (TPSA) is 79.5 Å². The number of aryl methyl sites for hydroxylation is 1. The van der Waals surface area contributed by atoms with Crippen molar-refractivity contribution in [2.24, 2.45) is 7.05 Å². The lowest BCUT2D eigenvalue weighted by atomic mass is 10.0. The van der Waals surface area contributed by atoms with E-state index in [0.29, 0.717) is 12.3 Å². The van der Waals surface area contributed by atoms with Crippen molar-refractivity contribution in [3.05, 3.63) is 48.0 Å². The van der Waals surface area contributed by atoms with Crippen molar-refractivity contribution in [3.63, 3.8) is 0 Å². The van der Waals surface area contributed by atoms with Crippen molar-refractivity contribution >= 4 is 21.8 Å². The molecular weight excluding hydrogens is 302 g/mol. The molecule has 118 valence electrons. The van der Waals surface area contributed by atoms with Gasteiger partial charge in [-0.3, -0.25) is 4.68 Å². The lowest BCUT2D eigenvalue weighted by Gasteiger charge is -2.05. The zero-order valence-corrected chi connectivity index (χ0v) is 13.4. The maximum Gasteiger partial charge on any atom is 0.146 e. The van der Waals surface area contributed by atoms with Crippen LogP contribution in [0.25, 0.3) is 32.9 Å². The van der Waals surface area contributed by atoms with Crippen LogP contribution in [0.1, 0.15) is 11.3 Å². The first-order chi connectivity index (χ1) is 11.7. The number of nitrogens with zero attached hydrogens (tertiary/aromatic N) is 4. The van der Waals surface area contributed by atoms with E-state index in [1.165, 1.54) is 0 Å². The molecule has 6 heteroatoms. The summed E-state index contributed by atoms with van der Waals surface area (Å²) in [7, 11) is 3.52. The van der Waals surface area contributed by atoms with E-state index in [-0.39, 0.29) is 0 Å². The number of ether oxygens (including phenoxy) is 1. The third-order valence-electron chi connectivity index (χ3n) is 4.17. The Morgan fingerprint density at radius 1 is 1.25 bits per heavy atom. The molecule has 0 unspecified atom stereocenters. The molecule has 4 aromatic rings. The smallest absolute Gasteiger partial charge is 0.146 e. The second kappa shape index (κ2) is 5.48. The second-order valence-electron chi connectivity index (χ2n) is 5.71. The van der Waals surface area contributed by atoms with Gasteiger partial charge in [0.25, 0.3) is 0 Å². The van der Waals surface area contributed by atoms with Gasteiger partial charge in [0.2, 0.25) is 0 Å². The highest BCUT2D eigenvalue weighted by Gasteiger charge is 2.15. The van der Waals surface area contributed by atoms with E-state index in [1.54, 1.807) is 18.0 Å². The summed E-state index contributed by atoms with van der Waals surface area (Å²) in [6, 6.07) is 8.38. The van der Waals surface area contributed by atoms with Crippen LogP contribution in [-0.2, 0) is 18.4 Å². The van der Waals surface area contributed by atoms with E-state index in [0.717, 1.165) is 38.5 Å². The molecule has 0 saturated carbocycles. The van der Waals surface area contributed by atoms with Crippen LogP contribution >= 0.6 is 0 Å². The summed E-state index contributed by atoms with van der Waals surface area (Å²) in [4.78, 5) is 7.60. The lowest BCUT2D eigenvalue weighted by Crippen LogP contribution is -1.96. The molecule has 6 nitrogen and oxygen atoms in total. The average Bonchev–Trinajstić information content (AvgIpc) is 3.18. The second-order valence-corrected chi connectivity index (χ2v) is 5.71. The van der Waals surface area contributed by atoms with Crippen molar-refractivity contribution in [3.8, 4) is 17.2 Å². The number of aromatic nitrogens is 4. The predicted octanol–water partition coefficient (Wildman–Crippen LogP) is 3.13. The number of aromatic amines is 1. The van der Waals surface area contributed by atoms with E-state index in [1.807, 2.05) is 25.5 Å². The molecule has 0 amide bonds. The molecule has 1 aromatic carbocycles. The van der Waals surface area contributed by atoms with Gasteiger partial charge in [-0.15, -0.1) is 0 Å². The van der Waals surface area contributed by atoms with E-state index >= 15 is 0 Å². The number of hydrogen-bond acceptors (Lipinski definition) is 4. The summed E-state index contributed by atoms with van der Waals surface area (Å²) in [6.07, 6.45) is 5.53. The fourth-order valence-corrected chi connectivity index (χ4v) is 3.09. The van der Waals surface area contributed by atoms with Gasteiger partial charge < -0.3 is 9.72 Å². The monoisotopic (exact) mass is 317 g/mol. The molecule has 1 N–H and O–H groups in total. The van der Waals surface area contributed by atoms with Gasteiger partial charge in [-0.1, -0.05) is 6.07 Å². The number of H-pyrrole nitrogens is 1. The molecule has 0 aliphatic carbocycles. The van der Waals surface area contributed by atoms with Gasteiger partial charge in [-0.05, 0) is 17.7 Å². The van der Waals surface area contributed by atoms with Crippen LogP contribution < -0.4 is 0 Å². The molecule has 4 rings (SSSR count). The number of rotatable bonds is 3. The molecule has 0 aliphatic rings. The molecule has 24 heavy (non-hydrogen) atoms. The van der Waals surface area contributed by atoms with Crippen molar-refractivity contribution in [2.45, 2.75) is 6.61 Å². The first kappa shape index (κ1) is 14.4. The molecule has 0 saturated heterocycles. The zero-order chi connectivity index (χ0) is 16.7. The number of hydrogen-bond donors (Lipinski definition) is 1. The third-order valence-corrected chi connectivity index (χ3v) is 4.17. The highest BCUT2D eigenvalue weighted by atomic mass is 16.5. The summed E-state index contributed by atoms with van der Waals surface area (Å²) in [6.45, 7) is 0.345. The summed E-state index contributed by atoms with van der Waals surface area (Å²) < 4.78 is 7.08. The predicted molar refractivity (Wildman–Crippen MR) is 91.2 cm³/mol. The minimum absolute atomic E-state index is 0.345. The SMILES string of the molecule is COCc1c(C#N)ncc2[nH]c3ccc(-c4cnn(C)c4)cc3c12. The Morgan fingerprint density at radius 3 is 2.83 bits per heavy atom. The van der Waals surface area contributed by atoms with Crippen LogP contribution in [0.15, 0.2) is 36.8 Å². The number of nitriles is 1. The Kier molecular flexibility index (Phi) is 3.29. The minimum Gasteiger partial charge on any atom is -0.380 e. The maximum absolute atomic E-state index is 9.36. The van der Waals surface area contributed by atoms with Gasteiger partial charge >= 0.3 is 0 Å². The van der Waals surface area contributed by atoms with Gasteiger partial charge in [-0.2, -0.15) is 10.4 Å². The Morgan fingerprint density at radius 2 is 2.12 bits per heavy atom. The quantitative estimate of drug-likeness (QED) is 0.629. The molecule has 0 radical (unpaired) electrons. The summed E-state index contributed by atoms with van der Waals surface area (Å²) in [5.74, 6) is 0. The van der Waals surface area contributed by atoms with Crippen molar-refractivity contribution < 1.29 is 4.74 Å². The zero-order valence-electron chi connectivity index (χ0n) is 13.4. The fourth-order valence-electron chi connectivity index (χ4n) is 3.09. The maximum atomic E-state index is 9.36. The lowest BCUT2D eigenvalue weighted by molar-refractivity contribution is 0.185.